The topological polar surface area (TPSA) is 30.0 Å². The normalized spacial score (nSPS) is 10.3. The van der Waals surface area contributed by atoms with E-state index in [4.69, 9.17) is 0 Å². The van der Waals surface area contributed by atoms with Gasteiger partial charge in [-0.3, -0.25) is 9.78 Å². The van der Waals surface area contributed by atoms with Gasteiger partial charge in [0.2, 0.25) is 0 Å². The van der Waals surface area contributed by atoms with Crippen LogP contribution < -0.4 is 0 Å². The zero-order valence-electron chi connectivity index (χ0n) is 9.27. The molecule has 1 aromatic heterocycles. The van der Waals surface area contributed by atoms with E-state index >= 15 is 0 Å². The Morgan fingerprint density at radius 1 is 1.33 bits per heavy atom. The Bertz CT molecular complexity index is 576. The Morgan fingerprint density at radius 2 is 2.11 bits per heavy atom. The van der Waals surface area contributed by atoms with Crippen molar-refractivity contribution in [2.75, 3.05) is 5.75 Å². The molecule has 0 radical (unpaired) electrons. The number of carbonyl (C=O) groups is 1. The molecule has 1 heterocycles. The van der Waals surface area contributed by atoms with Crippen molar-refractivity contribution in [3.63, 3.8) is 0 Å². The van der Waals surface area contributed by atoms with Crippen LogP contribution >= 0.6 is 27.7 Å². The molecule has 0 amide bonds. The molecular weight excluding hydrogens is 317 g/mol. The van der Waals surface area contributed by atoms with Crippen LogP contribution in [0.2, 0.25) is 0 Å². The average Bonchev–Trinajstić information content (AvgIpc) is 2.37. The number of ketones is 1. The highest BCUT2D eigenvalue weighted by atomic mass is 79.9. The quantitative estimate of drug-likeness (QED) is 0.629. The van der Waals surface area contributed by atoms with Crippen molar-refractivity contribution < 1.29 is 9.18 Å². The summed E-state index contributed by atoms with van der Waals surface area (Å²) >= 11 is 4.82. The molecule has 0 aliphatic carbocycles. The minimum absolute atomic E-state index is 0.136. The first-order chi connectivity index (χ1) is 8.66. The fourth-order valence-electron chi connectivity index (χ4n) is 1.35. The van der Waals surface area contributed by atoms with E-state index in [2.05, 4.69) is 20.9 Å². The summed E-state index contributed by atoms with van der Waals surface area (Å²) in [5, 5.41) is 0. The van der Waals surface area contributed by atoms with Crippen LogP contribution in [0.25, 0.3) is 0 Å². The number of hydrogen-bond acceptors (Lipinski definition) is 3. The first kappa shape index (κ1) is 13.2. The summed E-state index contributed by atoms with van der Waals surface area (Å²) in [5.41, 5.74) is 0.301. The van der Waals surface area contributed by atoms with Crippen molar-refractivity contribution in [2.24, 2.45) is 0 Å². The molecule has 0 fully saturated rings. The molecule has 92 valence electrons. The van der Waals surface area contributed by atoms with Gasteiger partial charge in [0.1, 0.15) is 5.82 Å². The van der Waals surface area contributed by atoms with Gasteiger partial charge >= 0.3 is 0 Å². The second-order valence-electron chi connectivity index (χ2n) is 3.53. The summed E-state index contributed by atoms with van der Waals surface area (Å²) in [7, 11) is 0. The molecule has 2 rings (SSSR count). The minimum Gasteiger partial charge on any atom is -0.293 e. The lowest BCUT2D eigenvalue weighted by atomic mass is 10.2. The van der Waals surface area contributed by atoms with Crippen LogP contribution in [0.15, 0.2) is 52.1 Å². The van der Waals surface area contributed by atoms with E-state index in [0.29, 0.717) is 5.56 Å². The maximum atomic E-state index is 12.9. The number of carbonyl (C=O) groups excluding carboxylic acids is 1. The molecule has 5 heteroatoms. The van der Waals surface area contributed by atoms with Gasteiger partial charge in [-0.15, -0.1) is 11.8 Å². The second kappa shape index (κ2) is 6.11. The largest absolute Gasteiger partial charge is 0.293 e. The minimum atomic E-state index is -0.494. The van der Waals surface area contributed by atoms with E-state index in [1.165, 1.54) is 24.0 Å². The van der Waals surface area contributed by atoms with Crippen LogP contribution in [0.1, 0.15) is 10.4 Å². The van der Waals surface area contributed by atoms with E-state index in [1.54, 1.807) is 0 Å². The maximum Gasteiger partial charge on any atom is 0.174 e. The maximum absolute atomic E-state index is 12.9. The predicted molar refractivity (Wildman–Crippen MR) is 73.4 cm³/mol. The Balaban J connectivity index is 2.03. The standard InChI is InChI=1S/C13H9BrFNOS/c14-11-3-1-2-4-13(11)18-8-12(17)9-5-10(15)7-16-6-9/h1-7H,8H2. The Morgan fingerprint density at radius 3 is 2.83 bits per heavy atom. The number of nitrogens with zero attached hydrogens (tertiary/aromatic N) is 1. The lowest BCUT2D eigenvalue weighted by molar-refractivity contribution is 0.102. The van der Waals surface area contributed by atoms with Crippen LogP contribution in [0.3, 0.4) is 0 Å². The predicted octanol–water partition coefficient (Wildman–Crippen LogP) is 3.96. The number of Topliss-reactive ketones (excluding diaryl/α,β-unsaturated/α-hetero) is 1. The van der Waals surface area contributed by atoms with Gasteiger partial charge in [0.25, 0.3) is 0 Å². The summed E-state index contributed by atoms with van der Waals surface area (Å²) in [6.07, 6.45) is 2.46. The Hall–Kier alpha value is -1.20. The second-order valence-corrected chi connectivity index (χ2v) is 5.41. The molecule has 0 aliphatic rings. The summed E-state index contributed by atoms with van der Waals surface area (Å²) < 4.78 is 13.9. The van der Waals surface area contributed by atoms with Crippen LogP contribution in [-0.4, -0.2) is 16.5 Å². The number of pyridine rings is 1. The van der Waals surface area contributed by atoms with Gasteiger partial charge in [0.15, 0.2) is 5.78 Å². The van der Waals surface area contributed by atoms with Crippen molar-refractivity contribution in [2.45, 2.75) is 4.90 Å². The van der Waals surface area contributed by atoms with Gasteiger partial charge in [-0.1, -0.05) is 12.1 Å². The van der Waals surface area contributed by atoms with Gasteiger partial charge in [0, 0.05) is 21.1 Å². The van der Waals surface area contributed by atoms with Crippen LogP contribution in [0, 0.1) is 5.82 Å². The molecule has 2 nitrogen and oxygen atoms in total. The molecule has 0 atom stereocenters. The molecular formula is C13H9BrFNOS. The lowest BCUT2D eigenvalue weighted by Gasteiger charge is -2.03. The summed E-state index contributed by atoms with van der Waals surface area (Å²) in [6.45, 7) is 0. The molecule has 0 bridgehead atoms. The third kappa shape index (κ3) is 3.40. The van der Waals surface area contributed by atoms with E-state index in [-0.39, 0.29) is 11.5 Å². The molecule has 0 saturated heterocycles. The molecule has 0 saturated carbocycles. The van der Waals surface area contributed by atoms with Gasteiger partial charge in [0.05, 0.1) is 11.9 Å². The third-order valence-electron chi connectivity index (χ3n) is 2.22. The van der Waals surface area contributed by atoms with Crippen LogP contribution in [-0.2, 0) is 0 Å². The van der Waals surface area contributed by atoms with E-state index in [0.717, 1.165) is 15.6 Å². The SMILES string of the molecule is O=C(CSc1ccccc1Br)c1cncc(F)c1. The summed E-state index contributed by atoms with van der Waals surface area (Å²) in [5.74, 6) is -0.372. The van der Waals surface area contributed by atoms with Crippen molar-refractivity contribution >= 4 is 33.5 Å². The van der Waals surface area contributed by atoms with Crippen molar-refractivity contribution in [3.05, 3.63) is 58.6 Å². The highest BCUT2D eigenvalue weighted by molar-refractivity contribution is 9.10. The van der Waals surface area contributed by atoms with Crippen LogP contribution in [0.4, 0.5) is 4.39 Å². The molecule has 0 N–H and O–H groups in total. The van der Waals surface area contributed by atoms with Crippen molar-refractivity contribution in [3.8, 4) is 0 Å². The summed E-state index contributed by atoms with van der Waals surface area (Å²) in [6, 6.07) is 8.85. The van der Waals surface area contributed by atoms with Crippen molar-refractivity contribution in [1.29, 1.82) is 0 Å². The number of rotatable bonds is 4. The molecule has 2 aromatic rings. The van der Waals surface area contributed by atoms with Crippen LogP contribution in [0.5, 0.6) is 0 Å². The smallest absolute Gasteiger partial charge is 0.174 e. The molecule has 0 spiro atoms. The first-order valence-electron chi connectivity index (χ1n) is 5.18. The fraction of sp³-hybridized carbons (Fsp3) is 0.0769. The highest BCUT2D eigenvalue weighted by Gasteiger charge is 2.09. The van der Waals surface area contributed by atoms with Crippen molar-refractivity contribution in [1.82, 2.24) is 4.98 Å². The van der Waals surface area contributed by atoms with Gasteiger partial charge < -0.3 is 0 Å². The molecule has 1 aromatic carbocycles. The molecule has 0 aliphatic heterocycles. The number of hydrogen-bond donors (Lipinski definition) is 0. The number of halogens is 2. The van der Waals surface area contributed by atoms with Gasteiger partial charge in [-0.2, -0.15) is 0 Å². The lowest BCUT2D eigenvalue weighted by Crippen LogP contribution is -2.03. The van der Waals surface area contributed by atoms with Gasteiger partial charge in [-0.25, -0.2) is 4.39 Å². The third-order valence-corrected chi connectivity index (χ3v) is 4.25. The van der Waals surface area contributed by atoms with Gasteiger partial charge in [-0.05, 0) is 34.1 Å². The number of benzene rings is 1. The molecule has 18 heavy (non-hydrogen) atoms. The Labute approximate surface area is 117 Å². The molecule has 0 unspecified atom stereocenters. The zero-order chi connectivity index (χ0) is 13.0. The summed E-state index contributed by atoms with van der Waals surface area (Å²) in [4.78, 5) is 16.5. The first-order valence-corrected chi connectivity index (χ1v) is 6.96. The van der Waals surface area contributed by atoms with E-state index < -0.39 is 5.82 Å². The monoisotopic (exact) mass is 325 g/mol. The number of aromatic nitrogens is 1. The fourth-order valence-corrected chi connectivity index (χ4v) is 2.81. The highest BCUT2D eigenvalue weighted by Crippen LogP contribution is 2.27. The van der Waals surface area contributed by atoms with E-state index in [9.17, 15) is 9.18 Å². The van der Waals surface area contributed by atoms with E-state index in [1.807, 2.05) is 24.3 Å². The number of thioether (sulfide) groups is 1. The Kier molecular flexibility index (Phi) is 4.49. The average molecular weight is 326 g/mol. The zero-order valence-corrected chi connectivity index (χ0v) is 11.7.